The molecule has 0 aliphatic carbocycles. The first-order chi connectivity index (χ1) is 12.6. The Balaban J connectivity index is 0.00000261. The van der Waals surface area contributed by atoms with Gasteiger partial charge in [-0.3, -0.25) is 4.99 Å². The van der Waals surface area contributed by atoms with Crippen molar-refractivity contribution in [1.29, 1.82) is 0 Å². The van der Waals surface area contributed by atoms with Gasteiger partial charge in [-0.15, -0.1) is 45.9 Å². The van der Waals surface area contributed by atoms with Gasteiger partial charge in [0.05, 0.1) is 0 Å². The smallest absolute Gasteiger partial charge is 0.191 e. The maximum absolute atomic E-state index is 13.5. The molecule has 2 aromatic rings. The van der Waals surface area contributed by atoms with E-state index in [-0.39, 0.29) is 29.8 Å². The molecule has 0 saturated heterocycles. The van der Waals surface area contributed by atoms with Crippen molar-refractivity contribution in [1.82, 2.24) is 25.4 Å². The summed E-state index contributed by atoms with van der Waals surface area (Å²) in [5.74, 6) is 3.07. The summed E-state index contributed by atoms with van der Waals surface area (Å²) in [4.78, 5) is 5.35. The Morgan fingerprint density at radius 2 is 2.19 bits per heavy atom. The first kappa shape index (κ1) is 21.9. The summed E-state index contributed by atoms with van der Waals surface area (Å²) in [6.07, 6.45) is 4.04. The molecule has 3 rings (SSSR count). The van der Waals surface area contributed by atoms with E-state index >= 15 is 0 Å². The number of fused-ring (bicyclic) bond motifs is 1. The number of thioether (sulfide) groups is 1. The van der Waals surface area contributed by atoms with E-state index in [1.165, 1.54) is 6.07 Å². The van der Waals surface area contributed by atoms with Gasteiger partial charge >= 0.3 is 0 Å². The molecule has 2 N–H and O–H groups in total. The number of guanidine groups is 1. The standard InChI is InChI=1S/C18H25FN6S.HI/c1-12-23-24-17-7-4-13(11-25(12)17)9-21-18(20-2)22-10-14-8-15(19)5-6-16(14)26-3;/h5-6,8,13H,4,7,9-11H2,1-3H3,(H2,20,21,22);1H. The number of aliphatic imine (C=N–C) groups is 1. The minimum atomic E-state index is -0.218. The SMILES string of the molecule is CN=C(NCc1cc(F)ccc1SC)NCC1CCc2nnc(C)n2C1.I. The molecule has 0 fully saturated rings. The zero-order valence-electron chi connectivity index (χ0n) is 15.8. The van der Waals surface area contributed by atoms with Gasteiger partial charge in [0.2, 0.25) is 0 Å². The first-order valence-electron chi connectivity index (χ1n) is 8.76. The fraction of sp³-hybridized carbons (Fsp3) is 0.500. The maximum Gasteiger partial charge on any atom is 0.191 e. The molecule has 1 aliphatic rings. The van der Waals surface area contributed by atoms with Gasteiger partial charge in [0, 0.05) is 38.0 Å². The molecule has 1 atom stereocenters. The number of nitrogens with one attached hydrogen (secondary N) is 2. The highest BCUT2D eigenvalue weighted by molar-refractivity contribution is 14.0. The summed E-state index contributed by atoms with van der Waals surface area (Å²) in [6, 6.07) is 4.88. The van der Waals surface area contributed by atoms with Crippen LogP contribution < -0.4 is 10.6 Å². The minimum absolute atomic E-state index is 0. The lowest BCUT2D eigenvalue weighted by atomic mass is 9.99. The molecule has 27 heavy (non-hydrogen) atoms. The Kier molecular flexibility index (Phi) is 8.33. The highest BCUT2D eigenvalue weighted by Crippen LogP contribution is 2.21. The molecule has 1 aromatic heterocycles. The Labute approximate surface area is 180 Å². The molecule has 0 saturated carbocycles. The van der Waals surface area contributed by atoms with Crippen LogP contribution in [0.25, 0.3) is 0 Å². The molecule has 1 unspecified atom stereocenters. The zero-order chi connectivity index (χ0) is 18.5. The molecule has 0 radical (unpaired) electrons. The van der Waals surface area contributed by atoms with Crippen LogP contribution in [0.3, 0.4) is 0 Å². The van der Waals surface area contributed by atoms with Crippen LogP contribution in [0.2, 0.25) is 0 Å². The predicted octanol–water partition coefficient (Wildman–Crippen LogP) is 2.99. The molecule has 6 nitrogen and oxygen atoms in total. The summed E-state index contributed by atoms with van der Waals surface area (Å²) in [6.45, 7) is 4.29. The molecule has 2 heterocycles. The third-order valence-electron chi connectivity index (χ3n) is 4.70. The van der Waals surface area contributed by atoms with Crippen molar-refractivity contribution in [2.45, 2.75) is 37.8 Å². The van der Waals surface area contributed by atoms with Gasteiger partial charge in [-0.2, -0.15) is 0 Å². The van der Waals surface area contributed by atoms with Crippen LogP contribution in [-0.4, -0.2) is 40.6 Å². The van der Waals surface area contributed by atoms with Crippen molar-refractivity contribution in [2.24, 2.45) is 10.9 Å². The lowest BCUT2D eigenvalue weighted by molar-refractivity contribution is 0.358. The van der Waals surface area contributed by atoms with E-state index in [1.807, 2.05) is 19.2 Å². The first-order valence-corrected chi connectivity index (χ1v) is 9.98. The van der Waals surface area contributed by atoms with E-state index in [0.717, 1.165) is 54.0 Å². The summed E-state index contributed by atoms with van der Waals surface area (Å²) in [7, 11) is 1.75. The van der Waals surface area contributed by atoms with E-state index < -0.39 is 0 Å². The monoisotopic (exact) mass is 504 g/mol. The maximum atomic E-state index is 13.5. The Hall–Kier alpha value is -1.36. The summed E-state index contributed by atoms with van der Waals surface area (Å²) in [5.41, 5.74) is 0.933. The van der Waals surface area contributed by atoms with Crippen molar-refractivity contribution in [3.05, 3.63) is 41.2 Å². The molecule has 9 heteroatoms. The van der Waals surface area contributed by atoms with Gasteiger partial charge in [-0.1, -0.05) is 0 Å². The third kappa shape index (κ3) is 5.56. The average Bonchev–Trinajstić information content (AvgIpc) is 3.02. The van der Waals surface area contributed by atoms with Gasteiger partial charge in [0.25, 0.3) is 0 Å². The number of hydrogen-bond acceptors (Lipinski definition) is 4. The topological polar surface area (TPSA) is 67.1 Å². The number of nitrogens with zero attached hydrogens (tertiary/aromatic N) is 4. The van der Waals surface area contributed by atoms with Crippen LogP contribution in [0.15, 0.2) is 28.1 Å². The van der Waals surface area contributed by atoms with Gasteiger partial charge in [-0.25, -0.2) is 4.39 Å². The zero-order valence-corrected chi connectivity index (χ0v) is 19.0. The second kappa shape index (κ2) is 10.3. The molecule has 0 spiro atoms. The van der Waals surface area contributed by atoms with Crippen LogP contribution in [0, 0.1) is 18.7 Å². The van der Waals surface area contributed by atoms with Crippen molar-refractivity contribution in [2.75, 3.05) is 19.8 Å². The number of rotatable bonds is 5. The quantitative estimate of drug-likeness (QED) is 0.284. The molecule has 1 aliphatic heterocycles. The lowest BCUT2D eigenvalue weighted by Gasteiger charge is -2.25. The highest BCUT2D eigenvalue weighted by Gasteiger charge is 2.21. The van der Waals surface area contributed by atoms with E-state index in [0.29, 0.717) is 12.5 Å². The Morgan fingerprint density at radius 1 is 1.37 bits per heavy atom. The number of aromatic nitrogens is 3. The second-order valence-electron chi connectivity index (χ2n) is 6.44. The Bertz CT molecular complexity index is 794. The molecule has 0 amide bonds. The van der Waals surface area contributed by atoms with Crippen LogP contribution in [0.4, 0.5) is 4.39 Å². The largest absolute Gasteiger partial charge is 0.356 e. The van der Waals surface area contributed by atoms with Crippen LogP contribution in [-0.2, 0) is 19.5 Å². The highest BCUT2D eigenvalue weighted by atomic mass is 127. The lowest BCUT2D eigenvalue weighted by Crippen LogP contribution is -2.41. The Morgan fingerprint density at radius 3 is 2.93 bits per heavy atom. The molecular weight excluding hydrogens is 478 g/mol. The van der Waals surface area contributed by atoms with Crippen molar-refractivity contribution < 1.29 is 4.39 Å². The minimum Gasteiger partial charge on any atom is -0.356 e. The van der Waals surface area contributed by atoms with Crippen LogP contribution >= 0.6 is 35.7 Å². The number of aryl methyl sites for hydroxylation is 2. The van der Waals surface area contributed by atoms with Crippen LogP contribution in [0.5, 0.6) is 0 Å². The third-order valence-corrected chi connectivity index (χ3v) is 5.54. The van der Waals surface area contributed by atoms with E-state index in [1.54, 1.807) is 24.9 Å². The molecular formula is C18H26FIN6S. The average molecular weight is 504 g/mol. The number of halogens is 2. The summed E-state index contributed by atoms with van der Waals surface area (Å²) >= 11 is 1.61. The molecule has 0 bridgehead atoms. The summed E-state index contributed by atoms with van der Waals surface area (Å²) in [5, 5.41) is 15.0. The molecule has 148 valence electrons. The predicted molar refractivity (Wildman–Crippen MR) is 118 cm³/mol. The number of benzene rings is 1. The van der Waals surface area contributed by atoms with E-state index in [4.69, 9.17) is 0 Å². The molecule has 1 aromatic carbocycles. The van der Waals surface area contributed by atoms with Crippen molar-refractivity contribution >= 4 is 41.7 Å². The number of hydrogen-bond donors (Lipinski definition) is 2. The van der Waals surface area contributed by atoms with Gasteiger partial charge in [0.1, 0.15) is 17.5 Å². The summed E-state index contributed by atoms with van der Waals surface area (Å²) < 4.78 is 15.7. The normalized spacial score (nSPS) is 16.4. The van der Waals surface area contributed by atoms with Gasteiger partial charge in [-0.05, 0) is 49.3 Å². The van der Waals surface area contributed by atoms with E-state index in [9.17, 15) is 4.39 Å². The van der Waals surface area contributed by atoms with Crippen LogP contribution in [0.1, 0.15) is 23.6 Å². The second-order valence-corrected chi connectivity index (χ2v) is 7.29. The fourth-order valence-corrected chi connectivity index (χ4v) is 3.82. The van der Waals surface area contributed by atoms with Crippen molar-refractivity contribution in [3.63, 3.8) is 0 Å². The van der Waals surface area contributed by atoms with Gasteiger partial charge < -0.3 is 15.2 Å². The van der Waals surface area contributed by atoms with E-state index in [2.05, 4.69) is 30.4 Å². The fourth-order valence-electron chi connectivity index (χ4n) is 3.22. The van der Waals surface area contributed by atoms with Crippen molar-refractivity contribution in [3.8, 4) is 0 Å². The van der Waals surface area contributed by atoms with Gasteiger partial charge in [0.15, 0.2) is 5.96 Å².